The van der Waals surface area contributed by atoms with Crippen LogP contribution in [0.1, 0.15) is 27.6 Å². The molecule has 7 heteroatoms. The van der Waals surface area contributed by atoms with Gasteiger partial charge in [0.1, 0.15) is 0 Å². The number of piperazine rings is 1. The summed E-state index contributed by atoms with van der Waals surface area (Å²) >= 11 is 3.36. The van der Waals surface area contributed by atoms with Gasteiger partial charge in [-0.1, -0.05) is 22.0 Å². The van der Waals surface area contributed by atoms with E-state index in [0.717, 1.165) is 4.47 Å². The van der Waals surface area contributed by atoms with E-state index in [-0.39, 0.29) is 17.7 Å². The zero-order valence-electron chi connectivity index (χ0n) is 14.9. The fraction of sp³-hybridized carbons (Fsp3) is 0.250. The lowest BCUT2D eigenvalue weighted by Crippen LogP contribution is -2.50. The molecule has 0 spiro atoms. The van der Waals surface area contributed by atoms with E-state index in [4.69, 9.17) is 0 Å². The Labute approximate surface area is 166 Å². The lowest BCUT2D eigenvalue weighted by atomic mass is 10.1. The Morgan fingerprint density at radius 3 is 1.96 bits per heavy atom. The zero-order chi connectivity index (χ0) is 19.4. The standard InChI is InChI=1S/C20H20BrN3O3/c1-14(25)22-18-4-2-3-16(13-18)20(27)24-11-9-23(10-12-24)19(26)15-5-7-17(21)8-6-15/h2-8,13H,9-12H2,1H3,(H,22,25). The van der Waals surface area contributed by atoms with Crippen LogP contribution in [0.2, 0.25) is 0 Å². The van der Waals surface area contributed by atoms with Gasteiger partial charge in [0, 0.05) is 54.4 Å². The number of nitrogens with one attached hydrogen (secondary N) is 1. The molecule has 2 aromatic rings. The van der Waals surface area contributed by atoms with Crippen LogP contribution in [0.15, 0.2) is 53.0 Å². The molecule has 0 aliphatic carbocycles. The molecule has 3 rings (SSSR count). The number of hydrogen-bond donors (Lipinski definition) is 1. The second-order valence-corrected chi connectivity index (χ2v) is 7.27. The summed E-state index contributed by atoms with van der Waals surface area (Å²) in [6.45, 7) is 3.37. The fourth-order valence-corrected chi connectivity index (χ4v) is 3.27. The molecule has 140 valence electrons. The van der Waals surface area contributed by atoms with E-state index < -0.39 is 0 Å². The van der Waals surface area contributed by atoms with Crippen LogP contribution in [0.3, 0.4) is 0 Å². The number of hydrogen-bond acceptors (Lipinski definition) is 3. The molecule has 1 aliphatic heterocycles. The molecule has 0 unspecified atom stereocenters. The van der Waals surface area contributed by atoms with E-state index in [9.17, 15) is 14.4 Å². The minimum absolute atomic E-state index is 0.0257. The van der Waals surface area contributed by atoms with Crippen LogP contribution in [0.25, 0.3) is 0 Å². The molecule has 0 radical (unpaired) electrons. The largest absolute Gasteiger partial charge is 0.335 e. The first-order valence-corrected chi connectivity index (χ1v) is 9.45. The van der Waals surface area contributed by atoms with Crippen molar-refractivity contribution in [3.8, 4) is 0 Å². The highest BCUT2D eigenvalue weighted by Gasteiger charge is 2.25. The van der Waals surface area contributed by atoms with E-state index in [0.29, 0.717) is 43.0 Å². The summed E-state index contributed by atoms with van der Waals surface area (Å²) < 4.78 is 0.927. The molecule has 1 fully saturated rings. The minimum atomic E-state index is -0.181. The van der Waals surface area contributed by atoms with E-state index in [1.165, 1.54) is 6.92 Å². The Bertz CT molecular complexity index is 859. The van der Waals surface area contributed by atoms with Crippen molar-refractivity contribution >= 4 is 39.3 Å². The van der Waals surface area contributed by atoms with Crippen molar-refractivity contribution in [2.24, 2.45) is 0 Å². The van der Waals surface area contributed by atoms with Crippen molar-refractivity contribution < 1.29 is 14.4 Å². The Morgan fingerprint density at radius 1 is 0.852 bits per heavy atom. The second kappa shape index (κ2) is 8.35. The molecule has 1 aliphatic rings. The maximum absolute atomic E-state index is 12.7. The third-order valence-corrected chi connectivity index (χ3v) is 4.90. The second-order valence-electron chi connectivity index (χ2n) is 6.35. The number of benzene rings is 2. The first-order valence-electron chi connectivity index (χ1n) is 8.66. The van der Waals surface area contributed by atoms with Crippen LogP contribution < -0.4 is 5.32 Å². The van der Waals surface area contributed by atoms with Gasteiger partial charge >= 0.3 is 0 Å². The highest BCUT2D eigenvalue weighted by molar-refractivity contribution is 9.10. The van der Waals surface area contributed by atoms with Gasteiger partial charge in [-0.3, -0.25) is 14.4 Å². The normalized spacial score (nSPS) is 14.0. The van der Waals surface area contributed by atoms with E-state index >= 15 is 0 Å². The molecular formula is C20H20BrN3O3. The molecule has 1 heterocycles. The fourth-order valence-electron chi connectivity index (χ4n) is 3.00. The van der Waals surface area contributed by atoms with Gasteiger partial charge in [-0.15, -0.1) is 0 Å². The predicted molar refractivity (Wildman–Crippen MR) is 107 cm³/mol. The Hall–Kier alpha value is -2.67. The SMILES string of the molecule is CC(=O)Nc1cccc(C(=O)N2CCN(C(=O)c3ccc(Br)cc3)CC2)c1. The maximum atomic E-state index is 12.7. The van der Waals surface area contributed by atoms with Gasteiger partial charge in [0.05, 0.1) is 0 Å². The van der Waals surface area contributed by atoms with Crippen LogP contribution in [0.5, 0.6) is 0 Å². The quantitative estimate of drug-likeness (QED) is 0.814. The third-order valence-electron chi connectivity index (χ3n) is 4.38. The highest BCUT2D eigenvalue weighted by Crippen LogP contribution is 2.16. The number of nitrogens with zero attached hydrogens (tertiary/aromatic N) is 2. The van der Waals surface area contributed by atoms with Gasteiger partial charge in [0.2, 0.25) is 5.91 Å². The van der Waals surface area contributed by atoms with Crippen molar-refractivity contribution in [2.45, 2.75) is 6.92 Å². The number of rotatable bonds is 3. The lowest BCUT2D eigenvalue weighted by Gasteiger charge is -2.35. The Kier molecular flexibility index (Phi) is 5.91. The summed E-state index contributed by atoms with van der Waals surface area (Å²) in [7, 11) is 0. The molecule has 0 saturated carbocycles. The molecule has 2 aromatic carbocycles. The lowest BCUT2D eigenvalue weighted by molar-refractivity contribution is -0.114. The molecular weight excluding hydrogens is 410 g/mol. The Balaban J connectivity index is 1.61. The minimum Gasteiger partial charge on any atom is -0.335 e. The summed E-state index contributed by atoms with van der Waals surface area (Å²) in [4.78, 5) is 40.0. The van der Waals surface area contributed by atoms with Gasteiger partial charge in [0.25, 0.3) is 11.8 Å². The predicted octanol–water partition coefficient (Wildman–Crippen LogP) is 3.01. The van der Waals surface area contributed by atoms with Crippen LogP contribution >= 0.6 is 15.9 Å². The summed E-state index contributed by atoms with van der Waals surface area (Å²) in [6, 6.07) is 14.1. The average molecular weight is 430 g/mol. The van der Waals surface area contributed by atoms with Crippen LogP contribution in [0, 0.1) is 0 Å². The van der Waals surface area contributed by atoms with Crippen molar-refractivity contribution in [1.29, 1.82) is 0 Å². The van der Waals surface area contributed by atoms with Crippen LogP contribution in [-0.4, -0.2) is 53.7 Å². The van der Waals surface area contributed by atoms with Gasteiger partial charge in [-0.2, -0.15) is 0 Å². The summed E-state index contributed by atoms with van der Waals surface area (Å²) in [5.41, 5.74) is 1.76. The third kappa shape index (κ3) is 4.74. The van der Waals surface area contributed by atoms with E-state index in [2.05, 4.69) is 21.2 Å². The first-order chi connectivity index (χ1) is 12.9. The van der Waals surface area contributed by atoms with Crippen molar-refractivity contribution in [3.05, 3.63) is 64.1 Å². The average Bonchev–Trinajstić information content (AvgIpc) is 2.67. The molecule has 27 heavy (non-hydrogen) atoms. The Morgan fingerprint density at radius 2 is 1.41 bits per heavy atom. The molecule has 1 N–H and O–H groups in total. The number of halogens is 1. The van der Waals surface area contributed by atoms with Gasteiger partial charge in [0.15, 0.2) is 0 Å². The highest BCUT2D eigenvalue weighted by atomic mass is 79.9. The number of carbonyl (C=O) groups excluding carboxylic acids is 3. The molecule has 3 amide bonds. The molecule has 6 nitrogen and oxygen atoms in total. The van der Waals surface area contributed by atoms with E-state index in [1.54, 1.807) is 46.2 Å². The first kappa shape index (κ1) is 19.1. The smallest absolute Gasteiger partial charge is 0.254 e. The number of anilines is 1. The monoisotopic (exact) mass is 429 g/mol. The van der Waals surface area contributed by atoms with Crippen molar-refractivity contribution in [3.63, 3.8) is 0 Å². The summed E-state index contributed by atoms with van der Waals surface area (Å²) in [6.07, 6.45) is 0. The van der Waals surface area contributed by atoms with E-state index in [1.807, 2.05) is 12.1 Å². The van der Waals surface area contributed by atoms with Gasteiger partial charge in [-0.25, -0.2) is 0 Å². The molecule has 1 saturated heterocycles. The summed E-state index contributed by atoms with van der Waals surface area (Å²) in [5.74, 6) is -0.306. The van der Waals surface area contributed by atoms with Crippen LogP contribution in [-0.2, 0) is 4.79 Å². The zero-order valence-corrected chi connectivity index (χ0v) is 16.5. The van der Waals surface area contributed by atoms with Crippen molar-refractivity contribution in [1.82, 2.24) is 9.80 Å². The van der Waals surface area contributed by atoms with Gasteiger partial charge in [-0.05, 0) is 42.5 Å². The number of amides is 3. The topological polar surface area (TPSA) is 69.7 Å². The van der Waals surface area contributed by atoms with Gasteiger partial charge < -0.3 is 15.1 Å². The molecule has 0 aromatic heterocycles. The molecule has 0 bridgehead atoms. The number of carbonyl (C=O) groups is 3. The molecule has 0 atom stereocenters. The van der Waals surface area contributed by atoms with Crippen molar-refractivity contribution in [2.75, 3.05) is 31.5 Å². The maximum Gasteiger partial charge on any atom is 0.254 e. The summed E-state index contributed by atoms with van der Waals surface area (Å²) in [5, 5.41) is 2.68. The van der Waals surface area contributed by atoms with Crippen LogP contribution in [0.4, 0.5) is 5.69 Å².